The Morgan fingerprint density at radius 2 is 2.04 bits per heavy atom. The van der Waals surface area contributed by atoms with E-state index < -0.39 is 18.0 Å². The Balaban J connectivity index is 1.91. The van der Waals surface area contributed by atoms with Gasteiger partial charge in [0.05, 0.1) is 17.8 Å². The van der Waals surface area contributed by atoms with Gasteiger partial charge in [-0.15, -0.1) is 0 Å². The monoisotopic (exact) mass is 315 g/mol. The fourth-order valence-electron chi connectivity index (χ4n) is 2.79. The molecule has 3 rings (SSSR count). The van der Waals surface area contributed by atoms with E-state index in [1.54, 1.807) is 13.0 Å². The highest BCUT2D eigenvalue weighted by atomic mass is 19.1. The van der Waals surface area contributed by atoms with Crippen LogP contribution in [-0.4, -0.2) is 23.8 Å². The first-order valence-corrected chi connectivity index (χ1v) is 7.53. The highest BCUT2D eigenvalue weighted by Gasteiger charge is 2.34. The number of anilines is 1. The smallest absolute Gasteiger partial charge is 0.414 e. The van der Waals surface area contributed by atoms with Gasteiger partial charge in [-0.3, -0.25) is 4.90 Å². The number of carbonyl (C=O) groups excluding carboxylic acids is 1. The van der Waals surface area contributed by atoms with E-state index in [0.29, 0.717) is 17.7 Å². The Morgan fingerprint density at radius 3 is 2.74 bits per heavy atom. The van der Waals surface area contributed by atoms with E-state index in [0.717, 1.165) is 5.56 Å². The van der Waals surface area contributed by atoms with Crippen LogP contribution in [0.4, 0.5) is 14.9 Å². The molecule has 1 aliphatic rings. The molecule has 120 valence electrons. The molecule has 1 N–H and O–H groups in total. The molecule has 2 aromatic carbocycles. The molecule has 23 heavy (non-hydrogen) atoms. The van der Waals surface area contributed by atoms with Gasteiger partial charge in [-0.25, -0.2) is 9.18 Å². The summed E-state index contributed by atoms with van der Waals surface area (Å²) in [5.41, 5.74) is 1.91. The van der Waals surface area contributed by atoms with Crippen LogP contribution in [-0.2, 0) is 11.2 Å². The standard InChI is InChI=1S/C18H18FNO3/c1-12(21)14-8-15(19)10-16(9-14)20-17(11-23-18(20)22)7-13-5-3-2-4-6-13/h2-6,8-10,12,17,21H,7,11H2,1H3/t12?,17-/m0/s1. The summed E-state index contributed by atoms with van der Waals surface area (Å²) in [5.74, 6) is -0.489. The highest BCUT2D eigenvalue weighted by molar-refractivity contribution is 5.90. The van der Waals surface area contributed by atoms with E-state index >= 15 is 0 Å². The molecule has 0 radical (unpaired) electrons. The van der Waals surface area contributed by atoms with Crippen LogP contribution in [0.2, 0.25) is 0 Å². The average Bonchev–Trinajstić information content (AvgIpc) is 2.88. The molecule has 2 atom stereocenters. The first-order valence-electron chi connectivity index (χ1n) is 7.53. The second-order valence-corrected chi connectivity index (χ2v) is 5.71. The third kappa shape index (κ3) is 3.35. The van der Waals surface area contributed by atoms with Gasteiger partial charge in [-0.2, -0.15) is 0 Å². The van der Waals surface area contributed by atoms with Gasteiger partial charge in [0.15, 0.2) is 0 Å². The van der Waals surface area contributed by atoms with Gasteiger partial charge in [0.2, 0.25) is 0 Å². The van der Waals surface area contributed by atoms with Crippen molar-refractivity contribution in [3.8, 4) is 0 Å². The molecule has 1 saturated heterocycles. The lowest BCUT2D eigenvalue weighted by molar-refractivity contribution is 0.178. The molecular weight excluding hydrogens is 297 g/mol. The molecule has 1 unspecified atom stereocenters. The zero-order valence-corrected chi connectivity index (χ0v) is 12.8. The first-order chi connectivity index (χ1) is 11.0. The minimum Gasteiger partial charge on any atom is -0.447 e. The minimum absolute atomic E-state index is 0.200. The molecule has 0 aromatic heterocycles. The van der Waals surface area contributed by atoms with Crippen molar-refractivity contribution in [3.05, 3.63) is 65.5 Å². The summed E-state index contributed by atoms with van der Waals surface area (Å²) in [7, 11) is 0. The maximum atomic E-state index is 13.8. The largest absolute Gasteiger partial charge is 0.447 e. The number of aliphatic hydroxyl groups is 1. The normalized spacial score (nSPS) is 18.8. The number of benzene rings is 2. The van der Waals surface area contributed by atoms with E-state index in [-0.39, 0.29) is 12.6 Å². The van der Waals surface area contributed by atoms with Crippen molar-refractivity contribution in [2.24, 2.45) is 0 Å². The summed E-state index contributed by atoms with van der Waals surface area (Å²) in [6.45, 7) is 1.82. The van der Waals surface area contributed by atoms with E-state index in [4.69, 9.17) is 4.74 Å². The number of hydrogen-bond donors (Lipinski definition) is 1. The predicted molar refractivity (Wildman–Crippen MR) is 84.8 cm³/mol. The Bertz CT molecular complexity index is 703. The van der Waals surface area contributed by atoms with Crippen LogP contribution in [0.5, 0.6) is 0 Å². The maximum absolute atomic E-state index is 13.8. The van der Waals surface area contributed by atoms with Crippen LogP contribution in [0, 0.1) is 5.82 Å². The number of amides is 1. The molecule has 1 amide bonds. The summed E-state index contributed by atoms with van der Waals surface area (Å²) in [6.07, 6.45) is -0.684. The summed E-state index contributed by atoms with van der Waals surface area (Å²) in [6, 6.07) is 13.7. The van der Waals surface area contributed by atoms with Crippen LogP contribution < -0.4 is 4.90 Å². The van der Waals surface area contributed by atoms with Crippen molar-refractivity contribution >= 4 is 11.8 Å². The summed E-state index contributed by atoms with van der Waals surface area (Å²) < 4.78 is 19.0. The van der Waals surface area contributed by atoms with Gasteiger partial charge >= 0.3 is 6.09 Å². The number of cyclic esters (lactones) is 1. The van der Waals surface area contributed by atoms with Crippen LogP contribution in [0.3, 0.4) is 0 Å². The lowest BCUT2D eigenvalue weighted by atomic mass is 10.0. The van der Waals surface area contributed by atoms with Crippen molar-refractivity contribution in [1.29, 1.82) is 0 Å². The molecule has 5 heteroatoms. The zero-order valence-electron chi connectivity index (χ0n) is 12.8. The molecule has 4 nitrogen and oxygen atoms in total. The number of halogens is 1. The SMILES string of the molecule is CC(O)c1cc(F)cc(N2C(=O)OC[C@@H]2Cc2ccccc2)c1. The van der Waals surface area contributed by atoms with Crippen LogP contribution in [0.25, 0.3) is 0 Å². The average molecular weight is 315 g/mol. The van der Waals surface area contributed by atoms with Crippen molar-refractivity contribution in [2.45, 2.75) is 25.5 Å². The molecule has 1 aliphatic heterocycles. The molecule has 0 aliphatic carbocycles. The molecule has 1 heterocycles. The van der Waals surface area contributed by atoms with Crippen molar-refractivity contribution in [3.63, 3.8) is 0 Å². The van der Waals surface area contributed by atoms with Gasteiger partial charge in [-0.1, -0.05) is 30.3 Å². The third-order valence-corrected chi connectivity index (χ3v) is 3.94. The minimum atomic E-state index is -0.810. The Labute approximate surface area is 134 Å². The summed E-state index contributed by atoms with van der Waals surface area (Å²) >= 11 is 0. The Hall–Kier alpha value is -2.40. The molecular formula is C18H18FNO3. The molecule has 1 fully saturated rings. The fourth-order valence-corrected chi connectivity index (χ4v) is 2.79. The van der Waals surface area contributed by atoms with E-state index in [9.17, 15) is 14.3 Å². The molecule has 0 saturated carbocycles. The topological polar surface area (TPSA) is 49.8 Å². The van der Waals surface area contributed by atoms with E-state index in [1.165, 1.54) is 17.0 Å². The zero-order chi connectivity index (χ0) is 16.4. The molecule has 0 bridgehead atoms. The second-order valence-electron chi connectivity index (χ2n) is 5.71. The number of aliphatic hydroxyl groups excluding tert-OH is 1. The van der Waals surface area contributed by atoms with Gasteiger partial charge < -0.3 is 9.84 Å². The van der Waals surface area contributed by atoms with Crippen molar-refractivity contribution in [2.75, 3.05) is 11.5 Å². The van der Waals surface area contributed by atoms with Crippen LogP contribution in [0.15, 0.2) is 48.5 Å². The van der Waals surface area contributed by atoms with Crippen LogP contribution >= 0.6 is 0 Å². The summed E-state index contributed by atoms with van der Waals surface area (Å²) in [5, 5.41) is 9.68. The van der Waals surface area contributed by atoms with E-state index in [2.05, 4.69) is 0 Å². The molecule has 0 spiro atoms. The number of ether oxygens (including phenoxy) is 1. The number of rotatable bonds is 4. The second kappa shape index (κ2) is 6.38. The lowest BCUT2D eigenvalue weighted by Gasteiger charge is -2.22. The van der Waals surface area contributed by atoms with Crippen molar-refractivity contribution in [1.82, 2.24) is 0 Å². The quantitative estimate of drug-likeness (QED) is 0.940. The Morgan fingerprint density at radius 1 is 1.30 bits per heavy atom. The van der Waals surface area contributed by atoms with Gasteiger partial charge in [0.25, 0.3) is 0 Å². The first kappa shape index (κ1) is 15.5. The highest BCUT2D eigenvalue weighted by Crippen LogP contribution is 2.29. The number of carbonyl (C=O) groups is 1. The van der Waals surface area contributed by atoms with Crippen molar-refractivity contribution < 1.29 is 19.0 Å². The van der Waals surface area contributed by atoms with Crippen LogP contribution in [0.1, 0.15) is 24.2 Å². The Kier molecular flexibility index (Phi) is 4.30. The number of nitrogens with zero attached hydrogens (tertiary/aromatic N) is 1. The van der Waals surface area contributed by atoms with Gasteiger partial charge in [0, 0.05) is 0 Å². The fraction of sp³-hybridized carbons (Fsp3) is 0.278. The number of hydrogen-bond acceptors (Lipinski definition) is 3. The van der Waals surface area contributed by atoms with E-state index in [1.807, 2.05) is 30.3 Å². The lowest BCUT2D eigenvalue weighted by Crippen LogP contribution is -2.35. The van der Waals surface area contributed by atoms with Gasteiger partial charge in [-0.05, 0) is 42.7 Å². The van der Waals surface area contributed by atoms with Gasteiger partial charge in [0.1, 0.15) is 12.4 Å². The maximum Gasteiger partial charge on any atom is 0.414 e. The predicted octanol–water partition coefficient (Wildman–Crippen LogP) is 3.45. The third-order valence-electron chi connectivity index (χ3n) is 3.94. The summed E-state index contributed by atoms with van der Waals surface area (Å²) in [4.78, 5) is 13.5. The molecule has 2 aromatic rings.